The Morgan fingerprint density at radius 3 is 2.83 bits per heavy atom. The van der Waals surface area contributed by atoms with Gasteiger partial charge in [-0.05, 0) is 43.4 Å². The summed E-state index contributed by atoms with van der Waals surface area (Å²) in [6.45, 7) is 2.43. The fourth-order valence-corrected chi connectivity index (χ4v) is 3.15. The predicted octanol–water partition coefficient (Wildman–Crippen LogP) is 2.73. The van der Waals surface area contributed by atoms with Crippen molar-refractivity contribution in [2.24, 2.45) is 11.3 Å². The van der Waals surface area contributed by atoms with Crippen LogP contribution in [-0.2, 0) is 0 Å². The van der Waals surface area contributed by atoms with Crippen molar-refractivity contribution in [1.29, 1.82) is 0 Å². The number of hydrogen-bond donors (Lipinski definition) is 1. The molecule has 0 aromatic heterocycles. The van der Waals surface area contributed by atoms with Gasteiger partial charge in [0.1, 0.15) is 0 Å². The first kappa shape index (κ1) is 8.55. The topological polar surface area (TPSA) is 20.2 Å². The van der Waals surface area contributed by atoms with Crippen LogP contribution in [0, 0.1) is 11.3 Å². The molecule has 12 heavy (non-hydrogen) atoms. The first-order chi connectivity index (χ1) is 5.71. The number of hydrogen-bond acceptors (Lipinski definition) is 1. The molecule has 0 amide bonds. The van der Waals surface area contributed by atoms with Gasteiger partial charge < -0.3 is 5.11 Å². The zero-order valence-electron chi connectivity index (χ0n) is 8.05. The maximum Gasteiger partial charge on any atom is 0.0543 e. The van der Waals surface area contributed by atoms with Crippen molar-refractivity contribution in [3.8, 4) is 0 Å². The van der Waals surface area contributed by atoms with Gasteiger partial charge in [-0.25, -0.2) is 0 Å². The van der Waals surface area contributed by atoms with Gasteiger partial charge in [-0.15, -0.1) is 0 Å². The van der Waals surface area contributed by atoms with Crippen molar-refractivity contribution in [2.75, 3.05) is 0 Å². The van der Waals surface area contributed by atoms with Gasteiger partial charge >= 0.3 is 0 Å². The summed E-state index contributed by atoms with van der Waals surface area (Å²) < 4.78 is 0. The van der Waals surface area contributed by atoms with E-state index in [1.165, 1.54) is 32.1 Å². The van der Waals surface area contributed by atoms with Crippen LogP contribution in [0.1, 0.15) is 51.9 Å². The summed E-state index contributed by atoms with van der Waals surface area (Å²) in [5, 5.41) is 9.56. The molecule has 0 bridgehead atoms. The lowest BCUT2D eigenvalue weighted by molar-refractivity contribution is -0.00751. The molecule has 2 aliphatic carbocycles. The summed E-state index contributed by atoms with van der Waals surface area (Å²) in [6.07, 6.45) is 9.00. The van der Waals surface area contributed by atoms with Gasteiger partial charge in [0.05, 0.1) is 6.10 Å². The lowest BCUT2D eigenvalue weighted by Gasteiger charge is -2.46. The average Bonchev–Trinajstić information content (AvgIpc) is 2.06. The zero-order valence-corrected chi connectivity index (χ0v) is 8.05. The molecule has 0 saturated heterocycles. The second-order valence-electron chi connectivity index (χ2n) is 5.02. The van der Waals surface area contributed by atoms with Crippen LogP contribution in [0.5, 0.6) is 0 Å². The van der Waals surface area contributed by atoms with E-state index in [-0.39, 0.29) is 6.10 Å². The van der Waals surface area contributed by atoms with Crippen LogP contribution in [0.4, 0.5) is 0 Å². The third-order valence-electron chi connectivity index (χ3n) is 4.14. The standard InChI is InChI=1S/C11H20O/c1-11-6-3-2-4-9(11)8-10(12)5-7-11/h9-10,12H,2-8H2,1H3. The normalized spacial score (nSPS) is 48.5. The van der Waals surface area contributed by atoms with Crippen LogP contribution in [0.25, 0.3) is 0 Å². The third-order valence-corrected chi connectivity index (χ3v) is 4.14. The molecular weight excluding hydrogens is 148 g/mol. The second-order valence-corrected chi connectivity index (χ2v) is 5.02. The highest BCUT2D eigenvalue weighted by Gasteiger charge is 2.40. The Labute approximate surface area is 75.2 Å². The van der Waals surface area contributed by atoms with E-state index in [1.807, 2.05) is 0 Å². The number of aliphatic hydroxyl groups is 1. The monoisotopic (exact) mass is 168 g/mol. The van der Waals surface area contributed by atoms with Crippen molar-refractivity contribution < 1.29 is 5.11 Å². The smallest absolute Gasteiger partial charge is 0.0543 e. The van der Waals surface area contributed by atoms with Crippen molar-refractivity contribution in [2.45, 2.75) is 58.0 Å². The van der Waals surface area contributed by atoms with Crippen LogP contribution >= 0.6 is 0 Å². The van der Waals surface area contributed by atoms with Crippen molar-refractivity contribution >= 4 is 0 Å². The summed E-state index contributed by atoms with van der Waals surface area (Å²) in [5.74, 6) is 0.829. The Morgan fingerprint density at radius 2 is 2.00 bits per heavy atom. The molecule has 2 rings (SSSR count). The van der Waals surface area contributed by atoms with Crippen molar-refractivity contribution in [1.82, 2.24) is 0 Å². The van der Waals surface area contributed by atoms with Gasteiger partial charge in [-0.1, -0.05) is 19.8 Å². The second kappa shape index (κ2) is 3.02. The molecule has 2 fully saturated rings. The lowest BCUT2D eigenvalue weighted by atomic mass is 9.60. The molecule has 2 saturated carbocycles. The van der Waals surface area contributed by atoms with Crippen LogP contribution < -0.4 is 0 Å². The molecular formula is C11H20O. The number of rotatable bonds is 0. The number of aliphatic hydroxyl groups excluding tert-OH is 1. The van der Waals surface area contributed by atoms with Crippen molar-refractivity contribution in [3.05, 3.63) is 0 Å². The highest BCUT2D eigenvalue weighted by Crippen LogP contribution is 2.49. The molecule has 0 radical (unpaired) electrons. The van der Waals surface area contributed by atoms with E-state index >= 15 is 0 Å². The maximum absolute atomic E-state index is 9.56. The van der Waals surface area contributed by atoms with Crippen LogP contribution in [0.3, 0.4) is 0 Å². The third kappa shape index (κ3) is 1.39. The minimum atomic E-state index is 0.0150. The number of fused-ring (bicyclic) bond motifs is 1. The molecule has 1 nitrogen and oxygen atoms in total. The Bertz CT molecular complexity index is 166. The Hall–Kier alpha value is -0.0400. The van der Waals surface area contributed by atoms with Gasteiger partial charge in [-0.3, -0.25) is 0 Å². The molecule has 3 unspecified atom stereocenters. The van der Waals surface area contributed by atoms with Gasteiger partial charge in [0.25, 0.3) is 0 Å². The van der Waals surface area contributed by atoms with E-state index in [9.17, 15) is 5.11 Å². The van der Waals surface area contributed by atoms with Gasteiger partial charge in [0, 0.05) is 0 Å². The quantitative estimate of drug-likeness (QED) is 0.589. The van der Waals surface area contributed by atoms with E-state index in [2.05, 4.69) is 6.92 Å². The van der Waals surface area contributed by atoms with Crippen LogP contribution in [0.15, 0.2) is 0 Å². The molecule has 0 aromatic carbocycles. The molecule has 70 valence electrons. The summed E-state index contributed by atoms with van der Waals surface area (Å²) in [4.78, 5) is 0. The lowest BCUT2D eigenvalue weighted by Crippen LogP contribution is -2.38. The van der Waals surface area contributed by atoms with Crippen molar-refractivity contribution in [3.63, 3.8) is 0 Å². The Kier molecular flexibility index (Phi) is 2.16. The summed E-state index contributed by atoms with van der Waals surface area (Å²) in [6, 6.07) is 0. The first-order valence-corrected chi connectivity index (χ1v) is 5.39. The Morgan fingerprint density at radius 1 is 1.17 bits per heavy atom. The molecule has 2 aliphatic rings. The largest absolute Gasteiger partial charge is 0.393 e. The van der Waals surface area contributed by atoms with Gasteiger partial charge in [0.2, 0.25) is 0 Å². The van der Waals surface area contributed by atoms with Gasteiger partial charge in [0.15, 0.2) is 0 Å². The van der Waals surface area contributed by atoms with Crippen LogP contribution in [0.2, 0.25) is 0 Å². The predicted molar refractivity (Wildman–Crippen MR) is 49.9 cm³/mol. The molecule has 0 aliphatic heterocycles. The van der Waals surface area contributed by atoms with E-state index in [0.29, 0.717) is 5.41 Å². The van der Waals surface area contributed by atoms with Gasteiger partial charge in [-0.2, -0.15) is 0 Å². The Balaban J connectivity index is 2.06. The highest BCUT2D eigenvalue weighted by atomic mass is 16.3. The average molecular weight is 168 g/mol. The molecule has 3 atom stereocenters. The van der Waals surface area contributed by atoms with E-state index < -0.39 is 0 Å². The maximum atomic E-state index is 9.56. The van der Waals surface area contributed by atoms with E-state index in [0.717, 1.165) is 18.8 Å². The summed E-state index contributed by atoms with van der Waals surface area (Å²) in [5.41, 5.74) is 0.595. The summed E-state index contributed by atoms with van der Waals surface area (Å²) in [7, 11) is 0. The zero-order chi connectivity index (χ0) is 8.60. The molecule has 0 aromatic rings. The van der Waals surface area contributed by atoms with E-state index in [1.54, 1.807) is 0 Å². The van der Waals surface area contributed by atoms with Crippen LogP contribution in [-0.4, -0.2) is 11.2 Å². The molecule has 0 heterocycles. The van der Waals surface area contributed by atoms with E-state index in [4.69, 9.17) is 0 Å². The minimum absolute atomic E-state index is 0.0150. The first-order valence-electron chi connectivity index (χ1n) is 5.39. The molecule has 1 N–H and O–H groups in total. The SMILES string of the molecule is CC12CCCCC1CC(O)CC2. The summed E-state index contributed by atoms with van der Waals surface area (Å²) >= 11 is 0. The minimum Gasteiger partial charge on any atom is -0.393 e. The molecule has 0 spiro atoms. The molecule has 1 heteroatoms. The fourth-order valence-electron chi connectivity index (χ4n) is 3.15. The highest BCUT2D eigenvalue weighted by molar-refractivity contribution is 4.91. The fraction of sp³-hybridized carbons (Fsp3) is 1.00.